The van der Waals surface area contributed by atoms with Crippen LogP contribution in [-0.2, 0) is 0 Å². The summed E-state index contributed by atoms with van der Waals surface area (Å²) in [6.07, 6.45) is 0. The van der Waals surface area contributed by atoms with Crippen LogP contribution in [0.5, 0.6) is 5.75 Å². The molecule has 0 amide bonds. The number of anilines is 1. The second-order valence-electron chi connectivity index (χ2n) is 2.91. The number of hydrogen-bond donors (Lipinski definition) is 1. The van der Waals surface area contributed by atoms with E-state index in [9.17, 15) is 0 Å². The maximum absolute atomic E-state index is 6.10. The third-order valence-electron chi connectivity index (χ3n) is 2.03. The van der Waals surface area contributed by atoms with E-state index in [2.05, 4.69) is 4.98 Å². The molecule has 0 radical (unpaired) electrons. The van der Waals surface area contributed by atoms with E-state index in [4.69, 9.17) is 22.1 Å². The van der Waals surface area contributed by atoms with Gasteiger partial charge in [0, 0.05) is 5.56 Å². The molecule has 0 atom stereocenters. The molecule has 0 fully saturated rings. The number of nitrogens with two attached hydrogens (primary N) is 1. The first-order valence-electron chi connectivity index (χ1n) is 4.25. The number of ether oxygens (including phenoxy) is 1. The molecule has 0 saturated carbocycles. The second kappa shape index (κ2) is 4.08. The van der Waals surface area contributed by atoms with Crippen LogP contribution in [0.3, 0.4) is 0 Å². The van der Waals surface area contributed by atoms with E-state index in [0.717, 1.165) is 17.0 Å². The first-order chi connectivity index (χ1) is 7.22. The van der Waals surface area contributed by atoms with Crippen LogP contribution in [0.25, 0.3) is 11.3 Å². The fourth-order valence-electron chi connectivity index (χ4n) is 1.27. The summed E-state index contributed by atoms with van der Waals surface area (Å²) in [5, 5.41) is 1.26. The van der Waals surface area contributed by atoms with E-state index in [0.29, 0.717) is 10.0 Å². The molecule has 5 heteroatoms. The molecule has 1 heterocycles. The number of nitrogens with zero attached hydrogens (tertiary/aromatic N) is 1. The lowest BCUT2D eigenvalue weighted by molar-refractivity contribution is 0.415. The predicted octanol–water partition coefficient (Wildman–Crippen LogP) is 3.05. The van der Waals surface area contributed by atoms with Gasteiger partial charge in [-0.05, 0) is 18.2 Å². The van der Waals surface area contributed by atoms with E-state index < -0.39 is 0 Å². The van der Waals surface area contributed by atoms with Gasteiger partial charge in [0.25, 0.3) is 0 Å². The first-order valence-corrected chi connectivity index (χ1v) is 5.51. The van der Waals surface area contributed by atoms with Crippen LogP contribution in [0.15, 0.2) is 23.7 Å². The van der Waals surface area contributed by atoms with Crippen LogP contribution in [0.1, 0.15) is 0 Å². The lowest BCUT2D eigenvalue weighted by atomic mass is 10.1. The number of methoxy groups -OCH3 is 1. The van der Waals surface area contributed by atoms with Crippen molar-refractivity contribution in [3.8, 4) is 17.0 Å². The summed E-state index contributed by atoms with van der Waals surface area (Å²) in [6.45, 7) is 0. The van der Waals surface area contributed by atoms with Crippen LogP contribution in [-0.4, -0.2) is 12.1 Å². The lowest BCUT2D eigenvalue weighted by Crippen LogP contribution is -1.88. The van der Waals surface area contributed by atoms with Crippen molar-refractivity contribution in [2.75, 3.05) is 12.8 Å². The molecule has 0 aliphatic rings. The summed E-state index contributed by atoms with van der Waals surface area (Å²) in [5.41, 5.74) is 9.04. The third kappa shape index (κ3) is 1.91. The van der Waals surface area contributed by atoms with Crippen LogP contribution < -0.4 is 10.5 Å². The van der Waals surface area contributed by atoms with E-state index >= 15 is 0 Å². The van der Waals surface area contributed by atoms with Gasteiger partial charge in [0.1, 0.15) is 16.4 Å². The molecule has 3 nitrogen and oxygen atoms in total. The Bertz CT molecular complexity index is 484. The highest BCUT2D eigenvalue weighted by molar-refractivity contribution is 7.14. The van der Waals surface area contributed by atoms with Crippen molar-refractivity contribution < 1.29 is 4.74 Å². The van der Waals surface area contributed by atoms with Gasteiger partial charge in [-0.3, -0.25) is 0 Å². The largest absolute Gasteiger partial charge is 0.497 e. The Hall–Kier alpha value is -1.26. The molecule has 1 aromatic heterocycles. The highest BCUT2D eigenvalue weighted by Gasteiger charge is 2.10. The number of nitrogen functional groups attached to an aromatic ring is 1. The Kier molecular flexibility index (Phi) is 2.79. The third-order valence-corrected chi connectivity index (χ3v) is 3.00. The minimum atomic E-state index is 0.590. The van der Waals surface area contributed by atoms with Gasteiger partial charge in [-0.2, -0.15) is 0 Å². The molecule has 0 aliphatic carbocycles. The average molecular weight is 241 g/mol. The quantitative estimate of drug-likeness (QED) is 0.878. The van der Waals surface area contributed by atoms with Crippen molar-refractivity contribution in [2.24, 2.45) is 0 Å². The van der Waals surface area contributed by atoms with Crippen LogP contribution in [0.4, 0.5) is 5.00 Å². The summed E-state index contributed by atoms with van der Waals surface area (Å²) >= 11 is 7.50. The number of aromatic nitrogens is 1. The molecular formula is C10H9ClN2OS. The van der Waals surface area contributed by atoms with E-state index in [1.165, 1.54) is 11.3 Å². The van der Waals surface area contributed by atoms with Crippen molar-refractivity contribution in [3.05, 3.63) is 28.7 Å². The Morgan fingerprint density at radius 3 is 2.80 bits per heavy atom. The molecule has 0 aliphatic heterocycles. The Balaban J connectivity index is 2.50. The van der Waals surface area contributed by atoms with Crippen LogP contribution >= 0.6 is 22.9 Å². The highest BCUT2D eigenvalue weighted by Crippen LogP contribution is 2.34. The minimum Gasteiger partial charge on any atom is -0.497 e. The van der Waals surface area contributed by atoms with Crippen LogP contribution in [0, 0.1) is 0 Å². The van der Waals surface area contributed by atoms with Gasteiger partial charge in [0.15, 0.2) is 0 Å². The van der Waals surface area contributed by atoms with Crippen molar-refractivity contribution in [1.29, 1.82) is 0 Å². The van der Waals surface area contributed by atoms with Crippen molar-refractivity contribution in [2.45, 2.75) is 0 Å². The molecule has 2 N–H and O–H groups in total. The van der Waals surface area contributed by atoms with Crippen molar-refractivity contribution >= 4 is 27.9 Å². The zero-order chi connectivity index (χ0) is 10.8. The standard InChI is InChI=1S/C10H9ClN2OS/c1-14-6-2-3-7(8(11)4-6)9-10(12)15-5-13-9/h2-5H,12H2,1H3. The van der Waals surface area contributed by atoms with Gasteiger partial charge in [-0.25, -0.2) is 4.98 Å². The molecule has 0 bridgehead atoms. The highest BCUT2D eigenvalue weighted by atomic mass is 35.5. The molecule has 0 spiro atoms. The molecule has 2 rings (SSSR count). The van der Waals surface area contributed by atoms with Gasteiger partial charge < -0.3 is 10.5 Å². The van der Waals surface area contributed by atoms with Gasteiger partial charge in [-0.1, -0.05) is 11.6 Å². The van der Waals surface area contributed by atoms with Gasteiger partial charge in [-0.15, -0.1) is 11.3 Å². The summed E-state index contributed by atoms with van der Waals surface area (Å²) in [6, 6.07) is 5.43. The van der Waals surface area contributed by atoms with E-state index in [1.54, 1.807) is 18.7 Å². The monoisotopic (exact) mass is 240 g/mol. The lowest BCUT2D eigenvalue weighted by Gasteiger charge is -2.04. The average Bonchev–Trinajstić information content (AvgIpc) is 2.64. The summed E-state index contributed by atoms with van der Waals surface area (Å²) in [7, 11) is 1.60. The Labute approximate surface area is 96.5 Å². The summed E-state index contributed by atoms with van der Waals surface area (Å²) in [5.74, 6) is 0.720. The maximum atomic E-state index is 6.10. The summed E-state index contributed by atoms with van der Waals surface area (Å²) < 4.78 is 5.06. The molecule has 15 heavy (non-hydrogen) atoms. The minimum absolute atomic E-state index is 0.590. The SMILES string of the molecule is COc1ccc(-c2ncsc2N)c(Cl)c1. The number of halogens is 1. The second-order valence-corrected chi connectivity index (χ2v) is 4.20. The number of benzene rings is 1. The molecule has 78 valence electrons. The normalized spacial score (nSPS) is 10.3. The van der Waals surface area contributed by atoms with Crippen molar-refractivity contribution in [1.82, 2.24) is 4.98 Å². The first kappa shape index (κ1) is 10.3. The maximum Gasteiger partial charge on any atom is 0.120 e. The molecule has 1 aromatic carbocycles. The number of thiazole rings is 1. The zero-order valence-corrected chi connectivity index (χ0v) is 9.60. The molecule has 0 saturated heterocycles. The Morgan fingerprint density at radius 2 is 2.27 bits per heavy atom. The Morgan fingerprint density at radius 1 is 1.47 bits per heavy atom. The molecular weight excluding hydrogens is 232 g/mol. The molecule has 2 aromatic rings. The molecule has 0 unspecified atom stereocenters. The predicted molar refractivity (Wildman–Crippen MR) is 63.5 cm³/mol. The summed E-state index contributed by atoms with van der Waals surface area (Å²) in [4.78, 5) is 4.17. The topological polar surface area (TPSA) is 48.1 Å². The number of rotatable bonds is 2. The van der Waals surface area contributed by atoms with Gasteiger partial charge in [0.05, 0.1) is 17.6 Å². The van der Waals surface area contributed by atoms with Crippen molar-refractivity contribution in [3.63, 3.8) is 0 Å². The van der Waals surface area contributed by atoms with E-state index in [-0.39, 0.29) is 0 Å². The number of hydrogen-bond acceptors (Lipinski definition) is 4. The fraction of sp³-hybridized carbons (Fsp3) is 0.100. The smallest absolute Gasteiger partial charge is 0.120 e. The zero-order valence-electron chi connectivity index (χ0n) is 8.03. The van der Waals surface area contributed by atoms with Gasteiger partial charge in [0.2, 0.25) is 0 Å². The van der Waals surface area contributed by atoms with E-state index in [1.807, 2.05) is 12.1 Å². The fourth-order valence-corrected chi connectivity index (χ4v) is 2.08. The van der Waals surface area contributed by atoms with Crippen LogP contribution in [0.2, 0.25) is 5.02 Å². The van der Waals surface area contributed by atoms with Gasteiger partial charge >= 0.3 is 0 Å².